The van der Waals surface area contributed by atoms with Crippen molar-refractivity contribution in [2.75, 3.05) is 13.2 Å². The molecular formula is C12H10N2O5S. The van der Waals surface area contributed by atoms with Gasteiger partial charge in [-0.15, -0.1) is 0 Å². The lowest BCUT2D eigenvalue weighted by atomic mass is 10.2. The first-order valence-electron chi connectivity index (χ1n) is 5.63. The number of nitro groups is 1. The van der Waals surface area contributed by atoms with Crippen LogP contribution in [0, 0.1) is 10.1 Å². The number of nitrogens with zero attached hydrogens (tertiary/aromatic N) is 2. The largest absolute Gasteiger partial charge is 0.395 e. The molecule has 1 aromatic carbocycles. The zero-order valence-corrected chi connectivity index (χ0v) is 11.0. The van der Waals surface area contributed by atoms with Crippen molar-refractivity contribution in [3.8, 4) is 0 Å². The molecule has 0 aliphatic carbocycles. The van der Waals surface area contributed by atoms with Crippen molar-refractivity contribution in [2.24, 2.45) is 0 Å². The van der Waals surface area contributed by atoms with E-state index in [0.29, 0.717) is 5.56 Å². The maximum atomic E-state index is 11.9. The minimum absolute atomic E-state index is 0.0586. The Bertz CT molecular complexity index is 614. The minimum atomic E-state index is -0.533. The van der Waals surface area contributed by atoms with Gasteiger partial charge in [-0.3, -0.25) is 24.6 Å². The Kier molecular flexibility index (Phi) is 4.16. The molecule has 104 valence electrons. The summed E-state index contributed by atoms with van der Waals surface area (Å²) in [6, 6.07) is 5.77. The van der Waals surface area contributed by atoms with Crippen LogP contribution in [0.3, 0.4) is 0 Å². The van der Waals surface area contributed by atoms with Crippen molar-refractivity contribution >= 4 is 34.7 Å². The normalized spacial score (nSPS) is 17.1. The molecule has 0 unspecified atom stereocenters. The SMILES string of the molecule is O=C1S/C(=C\c2cccc([N+](=O)[O-])c2)C(=O)N1CCO. The number of imide groups is 1. The fourth-order valence-corrected chi connectivity index (χ4v) is 2.54. The lowest BCUT2D eigenvalue weighted by molar-refractivity contribution is -0.384. The van der Waals surface area contributed by atoms with Gasteiger partial charge in [-0.2, -0.15) is 0 Å². The number of benzene rings is 1. The third-order valence-electron chi connectivity index (χ3n) is 2.58. The molecule has 1 fully saturated rings. The Labute approximate surface area is 118 Å². The highest BCUT2D eigenvalue weighted by Crippen LogP contribution is 2.32. The highest BCUT2D eigenvalue weighted by molar-refractivity contribution is 8.18. The summed E-state index contributed by atoms with van der Waals surface area (Å²) in [4.78, 5) is 34.7. The summed E-state index contributed by atoms with van der Waals surface area (Å²) in [6.07, 6.45) is 1.43. The number of hydrogen-bond donors (Lipinski definition) is 1. The molecule has 1 aromatic rings. The average molecular weight is 294 g/mol. The molecule has 0 spiro atoms. The van der Waals surface area contributed by atoms with Gasteiger partial charge in [0.05, 0.1) is 23.0 Å². The van der Waals surface area contributed by atoms with Crippen molar-refractivity contribution < 1.29 is 19.6 Å². The monoisotopic (exact) mass is 294 g/mol. The molecule has 2 rings (SSSR count). The van der Waals surface area contributed by atoms with Crippen molar-refractivity contribution in [1.29, 1.82) is 0 Å². The van der Waals surface area contributed by atoms with Crippen molar-refractivity contribution in [3.63, 3.8) is 0 Å². The van der Waals surface area contributed by atoms with E-state index in [2.05, 4.69) is 0 Å². The van der Waals surface area contributed by atoms with Gasteiger partial charge in [0.1, 0.15) is 0 Å². The van der Waals surface area contributed by atoms with Crippen LogP contribution in [0.25, 0.3) is 6.08 Å². The number of amides is 2. The average Bonchev–Trinajstić information content (AvgIpc) is 2.67. The van der Waals surface area contributed by atoms with Crippen LogP contribution in [0.1, 0.15) is 5.56 Å². The van der Waals surface area contributed by atoms with Gasteiger partial charge in [0.2, 0.25) is 0 Å². The zero-order chi connectivity index (χ0) is 14.7. The number of aliphatic hydroxyl groups is 1. The second kappa shape index (κ2) is 5.85. The first-order chi connectivity index (χ1) is 9.52. The second-order valence-corrected chi connectivity index (χ2v) is 4.90. The molecule has 0 bridgehead atoms. The van der Waals surface area contributed by atoms with Gasteiger partial charge in [0.25, 0.3) is 16.8 Å². The summed E-state index contributed by atoms with van der Waals surface area (Å²) in [7, 11) is 0. The second-order valence-electron chi connectivity index (χ2n) is 3.91. The standard InChI is InChI=1S/C12H10N2O5S/c15-5-4-13-11(16)10(20-12(13)17)7-8-2-1-3-9(6-8)14(18)19/h1-3,6-7,15H,4-5H2/b10-7-. The van der Waals surface area contributed by atoms with Crippen molar-refractivity contribution in [1.82, 2.24) is 4.90 Å². The summed E-state index contributed by atoms with van der Waals surface area (Å²) in [5.41, 5.74) is 0.377. The number of aliphatic hydroxyl groups excluding tert-OH is 1. The van der Waals surface area contributed by atoms with Crippen LogP contribution in [0.15, 0.2) is 29.2 Å². The fourth-order valence-electron chi connectivity index (χ4n) is 1.67. The van der Waals surface area contributed by atoms with Crippen LogP contribution in [-0.2, 0) is 4.79 Å². The Morgan fingerprint density at radius 2 is 2.15 bits per heavy atom. The predicted octanol–water partition coefficient (Wildman–Crippen LogP) is 1.62. The topological polar surface area (TPSA) is 101 Å². The van der Waals surface area contributed by atoms with Gasteiger partial charge in [-0.05, 0) is 23.4 Å². The number of carbonyl (C=O) groups excluding carboxylic acids is 2. The first kappa shape index (κ1) is 14.2. The van der Waals surface area contributed by atoms with Gasteiger partial charge < -0.3 is 5.11 Å². The number of rotatable bonds is 4. The van der Waals surface area contributed by atoms with E-state index in [1.54, 1.807) is 6.07 Å². The summed E-state index contributed by atoms with van der Waals surface area (Å²) < 4.78 is 0. The van der Waals surface area contributed by atoms with E-state index < -0.39 is 16.1 Å². The number of thioether (sulfide) groups is 1. The molecule has 1 saturated heterocycles. The Hall–Kier alpha value is -2.19. The summed E-state index contributed by atoms with van der Waals surface area (Å²) in [5.74, 6) is -0.499. The number of carbonyl (C=O) groups is 2. The van der Waals surface area contributed by atoms with E-state index in [1.807, 2.05) is 0 Å². The van der Waals surface area contributed by atoms with Crippen LogP contribution in [-0.4, -0.2) is 39.2 Å². The molecule has 0 saturated carbocycles. The number of nitro benzene ring substituents is 1. The lowest BCUT2D eigenvalue weighted by Crippen LogP contribution is -2.30. The molecule has 1 N–H and O–H groups in total. The fraction of sp³-hybridized carbons (Fsp3) is 0.167. The van der Waals surface area contributed by atoms with Crippen LogP contribution >= 0.6 is 11.8 Å². The van der Waals surface area contributed by atoms with Crippen molar-refractivity contribution in [3.05, 3.63) is 44.8 Å². The van der Waals surface area contributed by atoms with Gasteiger partial charge in [0, 0.05) is 12.1 Å². The molecule has 0 atom stereocenters. The lowest BCUT2D eigenvalue weighted by Gasteiger charge is -2.08. The Morgan fingerprint density at radius 3 is 2.80 bits per heavy atom. The maximum Gasteiger partial charge on any atom is 0.293 e. The molecule has 0 radical (unpaired) electrons. The van der Waals surface area contributed by atoms with E-state index in [-0.39, 0.29) is 23.7 Å². The molecule has 0 aromatic heterocycles. The summed E-state index contributed by atoms with van der Waals surface area (Å²) in [6.45, 7) is -0.362. The Balaban J connectivity index is 2.28. The maximum absolute atomic E-state index is 11.9. The van der Waals surface area contributed by atoms with E-state index in [4.69, 9.17) is 5.11 Å². The molecule has 1 heterocycles. The third kappa shape index (κ3) is 2.86. The van der Waals surface area contributed by atoms with E-state index >= 15 is 0 Å². The molecule has 7 nitrogen and oxygen atoms in total. The Morgan fingerprint density at radius 1 is 1.40 bits per heavy atom. The number of non-ortho nitro benzene ring substituents is 1. The van der Waals surface area contributed by atoms with Gasteiger partial charge in [-0.25, -0.2) is 0 Å². The molecule has 8 heteroatoms. The van der Waals surface area contributed by atoms with Crippen LogP contribution in [0.4, 0.5) is 10.5 Å². The van der Waals surface area contributed by atoms with Crippen LogP contribution in [0.5, 0.6) is 0 Å². The zero-order valence-electron chi connectivity index (χ0n) is 10.2. The molecule has 1 aliphatic rings. The summed E-state index contributed by atoms with van der Waals surface area (Å²) >= 11 is 0.748. The molecular weight excluding hydrogens is 284 g/mol. The van der Waals surface area contributed by atoms with Crippen LogP contribution < -0.4 is 0 Å². The highest BCUT2D eigenvalue weighted by Gasteiger charge is 2.34. The van der Waals surface area contributed by atoms with E-state index in [9.17, 15) is 19.7 Å². The minimum Gasteiger partial charge on any atom is -0.395 e. The molecule has 20 heavy (non-hydrogen) atoms. The van der Waals surface area contributed by atoms with Gasteiger partial charge >= 0.3 is 0 Å². The third-order valence-corrected chi connectivity index (χ3v) is 3.48. The first-order valence-corrected chi connectivity index (χ1v) is 6.45. The van der Waals surface area contributed by atoms with E-state index in [0.717, 1.165) is 16.7 Å². The quantitative estimate of drug-likeness (QED) is 0.514. The van der Waals surface area contributed by atoms with Gasteiger partial charge in [-0.1, -0.05) is 12.1 Å². The summed E-state index contributed by atoms with van der Waals surface area (Å²) in [5, 5.41) is 19.0. The predicted molar refractivity (Wildman–Crippen MR) is 72.9 cm³/mol. The smallest absolute Gasteiger partial charge is 0.293 e. The van der Waals surface area contributed by atoms with Gasteiger partial charge in [0.15, 0.2) is 0 Å². The molecule has 2 amide bonds. The van der Waals surface area contributed by atoms with Crippen LogP contribution in [0.2, 0.25) is 0 Å². The van der Waals surface area contributed by atoms with E-state index in [1.165, 1.54) is 24.3 Å². The number of hydrogen-bond acceptors (Lipinski definition) is 6. The van der Waals surface area contributed by atoms with Crippen molar-refractivity contribution in [2.45, 2.75) is 0 Å². The number of β-amino-alcohol motifs (C(OH)–C–C–N with tert-alkyl or cyclic N) is 1. The highest BCUT2D eigenvalue weighted by atomic mass is 32.2. The molecule has 1 aliphatic heterocycles.